The lowest BCUT2D eigenvalue weighted by Crippen LogP contribution is -2.29. The number of pyridine rings is 1. The molecule has 1 aliphatic rings. The Morgan fingerprint density at radius 2 is 1.82 bits per heavy atom. The molecule has 0 aliphatic carbocycles. The van der Waals surface area contributed by atoms with Crippen LogP contribution >= 0.6 is 11.3 Å². The Kier molecular flexibility index (Phi) is 6.31. The number of ketones is 1. The van der Waals surface area contributed by atoms with E-state index in [0.29, 0.717) is 27.7 Å². The van der Waals surface area contributed by atoms with Gasteiger partial charge in [-0.15, -0.1) is 0 Å². The van der Waals surface area contributed by atoms with Crippen LogP contribution in [0, 0.1) is 13.8 Å². The smallest absolute Gasteiger partial charge is 0.301 e. The van der Waals surface area contributed by atoms with Crippen molar-refractivity contribution in [3.05, 3.63) is 88.2 Å². The van der Waals surface area contributed by atoms with Crippen molar-refractivity contribution in [3.63, 3.8) is 0 Å². The molecule has 1 aliphatic heterocycles. The second-order valence-corrected chi connectivity index (χ2v) is 11.5. The Hall–Kier alpha value is -4.04. The number of rotatable bonds is 4. The van der Waals surface area contributed by atoms with Crippen molar-refractivity contribution < 1.29 is 19.4 Å². The number of aliphatic hydroxyl groups excluding tert-OH is 1. The first-order valence-electron chi connectivity index (χ1n) is 12.3. The molecule has 0 spiro atoms. The van der Waals surface area contributed by atoms with Crippen molar-refractivity contribution in [1.82, 2.24) is 9.97 Å². The summed E-state index contributed by atoms with van der Waals surface area (Å²) in [6.07, 6.45) is 1.60. The Morgan fingerprint density at radius 1 is 1.05 bits per heavy atom. The number of carbonyl (C=O) groups excluding carboxylic acids is 2. The van der Waals surface area contributed by atoms with Gasteiger partial charge in [0, 0.05) is 11.8 Å². The van der Waals surface area contributed by atoms with Crippen LogP contribution in [-0.2, 0) is 15.0 Å². The van der Waals surface area contributed by atoms with E-state index in [2.05, 4.69) is 25.8 Å². The van der Waals surface area contributed by atoms with Gasteiger partial charge in [0.2, 0.25) is 0 Å². The fourth-order valence-corrected chi connectivity index (χ4v) is 5.71. The minimum absolute atomic E-state index is 0.00382. The van der Waals surface area contributed by atoms with Gasteiger partial charge in [-0.2, -0.15) is 0 Å². The maximum Gasteiger partial charge on any atom is 0.301 e. The third-order valence-electron chi connectivity index (χ3n) is 6.87. The van der Waals surface area contributed by atoms with Crippen LogP contribution in [0.25, 0.3) is 16.0 Å². The molecule has 7 nitrogen and oxygen atoms in total. The van der Waals surface area contributed by atoms with Gasteiger partial charge in [-0.3, -0.25) is 19.5 Å². The topological polar surface area (TPSA) is 92.6 Å². The molecule has 1 atom stereocenters. The highest BCUT2D eigenvalue weighted by Crippen LogP contribution is 2.45. The van der Waals surface area contributed by atoms with Gasteiger partial charge in [0.25, 0.3) is 5.78 Å². The van der Waals surface area contributed by atoms with Crippen LogP contribution in [0.5, 0.6) is 5.75 Å². The summed E-state index contributed by atoms with van der Waals surface area (Å²) in [4.78, 5) is 37.7. The summed E-state index contributed by atoms with van der Waals surface area (Å²) in [7, 11) is 1.60. The van der Waals surface area contributed by atoms with Crippen LogP contribution in [-0.4, -0.2) is 33.9 Å². The fraction of sp³-hybridized carbons (Fsp3) is 0.267. The van der Waals surface area contributed by atoms with Gasteiger partial charge in [0.1, 0.15) is 17.6 Å². The molecule has 5 rings (SSSR count). The van der Waals surface area contributed by atoms with E-state index in [1.807, 2.05) is 44.2 Å². The minimum atomic E-state index is -0.933. The van der Waals surface area contributed by atoms with E-state index in [1.165, 1.54) is 16.2 Å². The number of methoxy groups -OCH3 is 1. The van der Waals surface area contributed by atoms with E-state index in [4.69, 9.17) is 9.72 Å². The van der Waals surface area contributed by atoms with Crippen LogP contribution in [0.3, 0.4) is 0 Å². The molecule has 0 saturated carbocycles. The highest BCUT2D eigenvalue weighted by Gasteiger charge is 2.49. The molecule has 8 heteroatoms. The van der Waals surface area contributed by atoms with Crippen LogP contribution < -0.4 is 9.64 Å². The number of aliphatic hydroxyl groups is 1. The van der Waals surface area contributed by atoms with Gasteiger partial charge in [0.15, 0.2) is 5.13 Å². The lowest BCUT2D eigenvalue weighted by molar-refractivity contribution is -0.132. The second-order valence-electron chi connectivity index (χ2n) is 10.5. The Balaban J connectivity index is 1.73. The summed E-state index contributed by atoms with van der Waals surface area (Å²) >= 11 is 1.29. The number of anilines is 1. The minimum Gasteiger partial charge on any atom is -0.507 e. The Bertz CT molecular complexity index is 1620. The molecule has 2 aromatic heterocycles. The molecular formula is C30H29N3O4S. The maximum atomic E-state index is 13.6. The van der Waals surface area contributed by atoms with Gasteiger partial charge < -0.3 is 9.84 Å². The van der Waals surface area contributed by atoms with Gasteiger partial charge in [0.05, 0.1) is 28.6 Å². The van der Waals surface area contributed by atoms with Crippen molar-refractivity contribution in [2.45, 2.75) is 46.1 Å². The van der Waals surface area contributed by atoms with Gasteiger partial charge >= 0.3 is 5.91 Å². The van der Waals surface area contributed by atoms with Crippen LogP contribution in [0.2, 0.25) is 0 Å². The SMILES string of the molecule is COc1cc2sc(N3C(=O)C(=O)/C(=C(/O)c4cc(C(C)(C)C)ccc4C)C3c3ccccn3)nc2cc1C. The molecule has 3 heterocycles. The van der Waals surface area contributed by atoms with E-state index in [9.17, 15) is 14.7 Å². The first-order valence-corrected chi connectivity index (χ1v) is 13.1. The number of aromatic nitrogens is 2. The zero-order valence-electron chi connectivity index (χ0n) is 22.2. The number of hydrogen-bond donors (Lipinski definition) is 1. The third kappa shape index (κ3) is 4.24. The highest BCUT2D eigenvalue weighted by molar-refractivity contribution is 7.22. The van der Waals surface area contributed by atoms with Crippen molar-refractivity contribution >= 4 is 44.1 Å². The lowest BCUT2D eigenvalue weighted by atomic mass is 9.84. The molecule has 1 amide bonds. The maximum absolute atomic E-state index is 13.6. The number of carbonyl (C=O) groups is 2. The first kappa shape index (κ1) is 25.6. The molecule has 0 bridgehead atoms. The van der Waals surface area contributed by atoms with E-state index in [0.717, 1.165) is 21.4 Å². The fourth-order valence-electron chi connectivity index (χ4n) is 4.71. The zero-order valence-corrected chi connectivity index (χ0v) is 23.0. The van der Waals surface area contributed by atoms with E-state index in [-0.39, 0.29) is 16.7 Å². The lowest BCUT2D eigenvalue weighted by Gasteiger charge is -2.23. The number of benzene rings is 2. The summed E-state index contributed by atoms with van der Waals surface area (Å²) in [5.74, 6) is -1.03. The highest BCUT2D eigenvalue weighted by atomic mass is 32.1. The summed E-state index contributed by atoms with van der Waals surface area (Å²) < 4.78 is 6.27. The predicted octanol–water partition coefficient (Wildman–Crippen LogP) is 6.24. The molecule has 1 saturated heterocycles. The van der Waals surface area contributed by atoms with Gasteiger partial charge in [-0.05, 0) is 66.3 Å². The summed E-state index contributed by atoms with van der Waals surface area (Å²) in [5, 5.41) is 12.0. The quantitative estimate of drug-likeness (QED) is 0.192. The number of aryl methyl sites for hydroxylation is 2. The third-order valence-corrected chi connectivity index (χ3v) is 7.89. The van der Waals surface area contributed by atoms with E-state index in [1.54, 1.807) is 31.5 Å². The van der Waals surface area contributed by atoms with Crippen LogP contribution in [0.1, 0.15) is 54.8 Å². The zero-order chi connectivity index (χ0) is 27.4. The van der Waals surface area contributed by atoms with E-state index < -0.39 is 17.7 Å². The molecule has 0 radical (unpaired) electrons. The van der Waals surface area contributed by atoms with Crippen molar-refractivity contribution in [2.75, 3.05) is 12.0 Å². The normalized spacial score (nSPS) is 17.4. The largest absolute Gasteiger partial charge is 0.507 e. The first-order chi connectivity index (χ1) is 18.0. The average molecular weight is 528 g/mol. The molecule has 4 aromatic rings. The van der Waals surface area contributed by atoms with Crippen molar-refractivity contribution in [2.24, 2.45) is 0 Å². The van der Waals surface area contributed by atoms with Crippen LogP contribution in [0.15, 0.2) is 60.3 Å². The molecule has 1 fully saturated rings. The number of hydrogen-bond acceptors (Lipinski definition) is 7. The molecule has 38 heavy (non-hydrogen) atoms. The van der Waals surface area contributed by atoms with Crippen LogP contribution in [0.4, 0.5) is 5.13 Å². The molecule has 2 aromatic carbocycles. The monoisotopic (exact) mass is 527 g/mol. The molecule has 194 valence electrons. The van der Waals surface area contributed by atoms with Crippen molar-refractivity contribution in [1.29, 1.82) is 0 Å². The number of Topliss-reactive ketones (excluding diaryl/α,β-unsaturated/α-hetero) is 1. The standard InChI is InChI=1S/C30H29N3O4S/c1-16-10-11-18(30(3,4)5)14-19(16)26(34)24-25(20-9-7-8-12-31-20)33(28(36)27(24)35)29-32-21-13-17(2)22(37-6)15-23(21)38-29/h7-15,25,34H,1-6H3/b26-24+. The molecular weight excluding hydrogens is 498 g/mol. The summed E-state index contributed by atoms with van der Waals surface area (Å²) in [6.45, 7) is 10.0. The summed E-state index contributed by atoms with van der Waals surface area (Å²) in [5.41, 5.74) is 4.21. The Labute approximate surface area is 225 Å². The number of amides is 1. The molecule has 1 unspecified atom stereocenters. The number of fused-ring (bicyclic) bond motifs is 1. The second kappa shape index (κ2) is 9.36. The van der Waals surface area contributed by atoms with E-state index >= 15 is 0 Å². The molecule has 1 N–H and O–H groups in total. The summed E-state index contributed by atoms with van der Waals surface area (Å²) in [6, 6.07) is 14.0. The van der Waals surface area contributed by atoms with Gasteiger partial charge in [-0.1, -0.05) is 50.3 Å². The number of ether oxygens (including phenoxy) is 1. The van der Waals surface area contributed by atoms with Gasteiger partial charge in [-0.25, -0.2) is 4.98 Å². The number of thiazole rings is 1. The van der Waals surface area contributed by atoms with Crippen molar-refractivity contribution in [3.8, 4) is 5.75 Å². The average Bonchev–Trinajstić information content (AvgIpc) is 3.40. The predicted molar refractivity (Wildman–Crippen MR) is 150 cm³/mol. The number of nitrogens with zero attached hydrogens (tertiary/aromatic N) is 3. The Morgan fingerprint density at radius 3 is 2.47 bits per heavy atom.